The fourth-order valence-electron chi connectivity index (χ4n) is 3.55. The number of fused-ring (bicyclic) bond motifs is 1. The molecule has 0 aliphatic carbocycles. The van der Waals surface area contributed by atoms with Crippen LogP contribution in [0.3, 0.4) is 0 Å². The van der Waals surface area contributed by atoms with Crippen LogP contribution in [0.1, 0.15) is 42.6 Å². The Morgan fingerprint density at radius 1 is 1.10 bits per heavy atom. The molecule has 0 aliphatic rings. The summed E-state index contributed by atoms with van der Waals surface area (Å²) in [6.45, 7) is 4.51. The number of amides is 2. The maximum Gasteiger partial charge on any atom is 0.251 e. The highest BCUT2D eigenvalue weighted by Gasteiger charge is 2.15. The third-order valence-electron chi connectivity index (χ3n) is 5.40. The second-order valence-electron chi connectivity index (χ2n) is 7.31. The molecule has 6 nitrogen and oxygen atoms in total. The highest BCUT2D eigenvalue weighted by Crippen LogP contribution is 2.23. The van der Waals surface area contributed by atoms with E-state index in [1.807, 2.05) is 38.2 Å². The Bertz CT molecular complexity index is 1020. The van der Waals surface area contributed by atoms with Gasteiger partial charge in [0.2, 0.25) is 5.91 Å². The number of aromatic nitrogens is 1. The van der Waals surface area contributed by atoms with Gasteiger partial charge >= 0.3 is 0 Å². The molecular formula is C24H29N3O3. The smallest absolute Gasteiger partial charge is 0.251 e. The van der Waals surface area contributed by atoms with E-state index in [9.17, 15) is 9.59 Å². The summed E-state index contributed by atoms with van der Waals surface area (Å²) in [6, 6.07) is 12.9. The maximum absolute atomic E-state index is 12.6. The van der Waals surface area contributed by atoms with Crippen LogP contribution < -0.4 is 15.4 Å². The molecule has 2 amide bonds. The van der Waals surface area contributed by atoms with Crippen molar-refractivity contribution in [2.24, 2.45) is 5.92 Å². The first kappa shape index (κ1) is 21.4. The summed E-state index contributed by atoms with van der Waals surface area (Å²) in [6.07, 6.45) is 4.25. The number of hydrogen-bond donors (Lipinski definition) is 3. The number of carbonyl (C=O) groups excluding carboxylic acids is 2. The zero-order valence-electron chi connectivity index (χ0n) is 17.7. The summed E-state index contributed by atoms with van der Waals surface area (Å²) in [5.41, 5.74) is 3.33. The van der Waals surface area contributed by atoms with Gasteiger partial charge in [-0.05, 0) is 61.2 Å². The van der Waals surface area contributed by atoms with E-state index in [1.54, 1.807) is 31.4 Å². The van der Waals surface area contributed by atoms with Crippen molar-refractivity contribution in [3.8, 4) is 5.75 Å². The van der Waals surface area contributed by atoms with Crippen LogP contribution >= 0.6 is 0 Å². The largest absolute Gasteiger partial charge is 0.497 e. The Labute approximate surface area is 177 Å². The molecule has 1 aromatic heterocycles. The molecule has 0 unspecified atom stereocenters. The standard InChI is InChI=1S/C24H29N3O3/c1-4-16(5-2)24(29)27-19-8-6-7-17(13-19)23(28)25-12-11-18-15-26-22-10-9-20(30-3)14-21(18)22/h6-10,13-16,26H,4-5,11-12H2,1-3H3,(H,25,28)(H,27,29). The molecule has 6 heteroatoms. The van der Waals surface area contributed by atoms with Gasteiger partial charge in [-0.2, -0.15) is 0 Å². The van der Waals surface area contributed by atoms with Crippen LogP contribution in [0.25, 0.3) is 10.9 Å². The van der Waals surface area contributed by atoms with Crippen LogP contribution in [0.4, 0.5) is 5.69 Å². The highest BCUT2D eigenvalue weighted by atomic mass is 16.5. The lowest BCUT2D eigenvalue weighted by Gasteiger charge is -2.13. The summed E-state index contributed by atoms with van der Waals surface area (Å²) < 4.78 is 5.30. The number of rotatable bonds is 9. The van der Waals surface area contributed by atoms with Crippen molar-refractivity contribution in [3.63, 3.8) is 0 Å². The normalized spacial score (nSPS) is 10.9. The minimum atomic E-state index is -0.161. The average Bonchev–Trinajstić information content (AvgIpc) is 3.16. The van der Waals surface area contributed by atoms with Gasteiger partial charge in [-0.25, -0.2) is 0 Å². The van der Waals surface area contributed by atoms with E-state index < -0.39 is 0 Å². The van der Waals surface area contributed by atoms with Crippen LogP contribution in [0, 0.1) is 5.92 Å². The monoisotopic (exact) mass is 407 g/mol. The molecule has 158 valence electrons. The molecule has 0 aliphatic heterocycles. The first-order chi connectivity index (χ1) is 14.5. The Balaban J connectivity index is 1.60. The third kappa shape index (κ3) is 5.00. The van der Waals surface area contributed by atoms with E-state index in [2.05, 4.69) is 15.6 Å². The summed E-state index contributed by atoms with van der Waals surface area (Å²) in [4.78, 5) is 28.1. The Morgan fingerprint density at radius 2 is 1.90 bits per heavy atom. The van der Waals surface area contributed by atoms with Gasteiger partial charge in [0.05, 0.1) is 7.11 Å². The number of hydrogen-bond acceptors (Lipinski definition) is 3. The molecule has 2 aromatic carbocycles. The molecule has 30 heavy (non-hydrogen) atoms. The van der Waals surface area contributed by atoms with Crippen LogP contribution in [-0.4, -0.2) is 30.5 Å². The molecule has 0 radical (unpaired) electrons. The first-order valence-corrected chi connectivity index (χ1v) is 10.4. The lowest BCUT2D eigenvalue weighted by atomic mass is 10.0. The molecule has 3 aromatic rings. The number of nitrogens with one attached hydrogen (secondary N) is 3. The van der Waals surface area contributed by atoms with Gasteiger partial charge in [0.25, 0.3) is 5.91 Å². The van der Waals surface area contributed by atoms with Crippen molar-refractivity contribution < 1.29 is 14.3 Å². The van der Waals surface area contributed by atoms with Crippen molar-refractivity contribution in [3.05, 3.63) is 59.8 Å². The van der Waals surface area contributed by atoms with E-state index >= 15 is 0 Å². The minimum Gasteiger partial charge on any atom is -0.497 e. The topological polar surface area (TPSA) is 83.2 Å². The lowest BCUT2D eigenvalue weighted by molar-refractivity contribution is -0.120. The van der Waals surface area contributed by atoms with Gasteiger partial charge in [0.1, 0.15) is 5.75 Å². The second-order valence-corrected chi connectivity index (χ2v) is 7.31. The van der Waals surface area contributed by atoms with Crippen molar-refractivity contribution in [1.29, 1.82) is 0 Å². The molecule has 0 atom stereocenters. The number of benzene rings is 2. The van der Waals surface area contributed by atoms with Gasteiger partial charge in [-0.15, -0.1) is 0 Å². The van der Waals surface area contributed by atoms with Crippen molar-refractivity contribution in [1.82, 2.24) is 10.3 Å². The SMILES string of the molecule is CCC(CC)C(=O)Nc1cccc(C(=O)NCCc2c[nH]c3ccc(OC)cc23)c1. The Kier molecular flexibility index (Phi) is 7.12. The van der Waals surface area contributed by atoms with E-state index in [1.165, 1.54) is 0 Å². The number of H-pyrrole nitrogens is 1. The van der Waals surface area contributed by atoms with Crippen LogP contribution in [0.15, 0.2) is 48.7 Å². The number of aromatic amines is 1. The molecule has 0 saturated carbocycles. The molecule has 0 saturated heterocycles. The molecule has 3 N–H and O–H groups in total. The molecule has 0 spiro atoms. The fourth-order valence-corrected chi connectivity index (χ4v) is 3.55. The maximum atomic E-state index is 12.6. The average molecular weight is 408 g/mol. The zero-order valence-corrected chi connectivity index (χ0v) is 17.7. The van der Waals surface area contributed by atoms with Crippen LogP contribution in [0.2, 0.25) is 0 Å². The number of ether oxygens (including phenoxy) is 1. The molecule has 0 fully saturated rings. The van der Waals surface area contributed by atoms with E-state index in [4.69, 9.17) is 4.74 Å². The Hall–Kier alpha value is -3.28. The second kappa shape index (κ2) is 9.96. The third-order valence-corrected chi connectivity index (χ3v) is 5.40. The number of methoxy groups -OCH3 is 1. The van der Waals surface area contributed by atoms with Gasteiger partial charge in [-0.1, -0.05) is 19.9 Å². The predicted molar refractivity (Wildman–Crippen MR) is 120 cm³/mol. The van der Waals surface area contributed by atoms with Crippen molar-refractivity contribution >= 4 is 28.4 Å². The first-order valence-electron chi connectivity index (χ1n) is 10.4. The summed E-state index contributed by atoms with van der Waals surface area (Å²) >= 11 is 0. The van der Waals surface area contributed by atoms with Crippen molar-refractivity contribution in [2.45, 2.75) is 33.1 Å². The minimum absolute atomic E-state index is 0.00711. The quantitative estimate of drug-likeness (QED) is 0.487. The van der Waals surface area contributed by atoms with Crippen LogP contribution in [-0.2, 0) is 11.2 Å². The predicted octanol–water partition coefficient (Wildman–Crippen LogP) is 4.52. The summed E-state index contributed by atoms with van der Waals surface area (Å²) in [5, 5.41) is 6.97. The highest BCUT2D eigenvalue weighted by molar-refractivity contribution is 5.97. The fraction of sp³-hybridized carbons (Fsp3) is 0.333. The molecule has 0 bridgehead atoms. The molecule has 3 rings (SSSR count). The van der Waals surface area contributed by atoms with Crippen LogP contribution in [0.5, 0.6) is 5.75 Å². The van der Waals surface area contributed by atoms with Gasteiger partial charge in [-0.3, -0.25) is 9.59 Å². The van der Waals surface area contributed by atoms with E-state index in [0.717, 1.165) is 35.1 Å². The van der Waals surface area contributed by atoms with Crippen molar-refractivity contribution in [2.75, 3.05) is 19.0 Å². The van der Waals surface area contributed by atoms with Gasteiger partial charge in [0.15, 0.2) is 0 Å². The Morgan fingerprint density at radius 3 is 2.63 bits per heavy atom. The zero-order chi connectivity index (χ0) is 21.5. The van der Waals surface area contributed by atoms with Gasteiger partial charge in [0, 0.05) is 40.8 Å². The van der Waals surface area contributed by atoms with E-state index in [0.29, 0.717) is 24.2 Å². The number of carbonyl (C=O) groups is 2. The number of anilines is 1. The molecule has 1 heterocycles. The summed E-state index contributed by atoms with van der Waals surface area (Å²) in [7, 11) is 1.65. The lowest BCUT2D eigenvalue weighted by Crippen LogP contribution is -2.26. The van der Waals surface area contributed by atoms with Gasteiger partial charge < -0.3 is 20.4 Å². The van der Waals surface area contributed by atoms with E-state index in [-0.39, 0.29) is 17.7 Å². The summed E-state index contributed by atoms with van der Waals surface area (Å²) in [5.74, 6) is 0.621. The molecular weight excluding hydrogens is 378 g/mol.